The largest absolute Gasteiger partial charge is 0.507 e. The average molecular weight is 617 g/mol. The second-order valence-electron chi connectivity index (χ2n) is 10.7. The Labute approximate surface area is 254 Å². The molecule has 43 heavy (non-hydrogen) atoms. The van der Waals surface area contributed by atoms with Crippen LogP contribution in [0.4, 0.5) is 14.6 Å². The van der Waals surface area contributed by atoms with Gasteiger partial charge in [0, 0.05) is 69.4 Å². The second-order valence-corrected chi connectivity index (χ2v) is 11.1. The molecule has 2 aliphatic rings. The van der Waals surface area contributed by atoms with Gasteiger partial charge >= 0.3 is 6.01 Å². The summed E-state index contributed by atoms with van der Waals surface area (Å²) in [4.78, 5) is 29.5. The van der Waals surface area contributed by atoms with Crippen molar-refractivity contribution in [2.45, 2.75) is 0 Å². The van der Waals surface area contributed by atoms with Crippen LogP contribution in [0, 0.1) is 11.6 Å². The Hall–Kier alpha value is -3.58. The molecule has 1 N–H and O–H groups in total. The first kappa shape index (κ1) is 30.9. The molecule has 0 atom stereocenters. The van der Waals surface area contributed by atoms with Crippen LogP contribution in [0.15, 0.2) is 36.4 Å². The van der Waals surface area contributed by atoms with E-state index in [1.165, 1.54) is 18.2 Å². The monoisotopic (exact) mass is 616 g/mol. The molecule has 13 heteroatoms. The predicted octanol–water partition coefficient (Wildman–Crippen LogP) is 3.41. The molecule has 10 nitrogen and oxygen atoms in total. The van der Waals surface area contributed by atoms with Crippen LogP contribution in [0.5, 0.6) is 11.8 Å². The smallest absolute Gasteiger partial charge is 0.319 e. The first-order valence-corrected chi connectivity index (χ1v) is 14.6. The first-order valence-electron chi connectivity index (χ1n) is 14.2. The molecule has 2 fully saturated rings. The Morgan fingerprint density at radius 1 is 1.12 bits per heavy atom. The number of rotatable bonds is 9. The zero-order valence-electron chi connectivity index (χ0n) is 24.2. The summed E-state index contributed by atoms with van der Waals surface area (Å²) in [6, 6.07) is 5.16. The van der Waals surface area contributed by atoms with Crippen molar-refractivity contribution in [3.05, 3.63) is 53.1 Å². The van der Waals surface area contributed by atoms with Crippen molar-refractivity contribution in [1.29, 1.82) is 0 Å². The fraction of sp³-hybridized carbons (Fsp3) is 0.433. The van der Waals surface area contributed by atoms with E-state index in [2.05, 4.69) is 14.9 Å². The third-order valence-corrected chi connectivity index (χ3v) is 7.75. The van der Waals surface area contributed by atoms with E-state index in [1.54, 1.807) is 11.0 Å². The molecule has 3 aromatic rings. The Bertz CT molecular complexity index is 1470. The van der Waals surface area contributed by atoms with E-state index in [0.29, 0.717) is 63.7 Å². The predicted molar refractivity (Wildman–Crippen MR) is 161 cm³/mol. The Kier molecular flexibility index (Phi) is 9.91. The number of benzene rings is 2. The second kappa shape index (κ2) is 13.8. The van der Waals surface area contributed by atoms with Gasteiger partial charge in [0.05, 0.1) is 23.8 Å². The molecule has 1 amide bonds. The maximum Gasteiger partial charge on any atom is 0.319 e. The summed E-state index contributed by atoms with van der Waals surface area (Å²) in [6.07, 6.45) is 3.40. The molecule has 0 unspecified atom stereocenters. The highest BCUT2D eigenvalue weighted by atomic mass is 35.5. The molecule has 1 aromatic heterocycles. The molecule has 2 aliphatic heterocycles. The van der Waals surface area contributed by atoms with Gasteiger partial charge in [-0.2, -0.15) is 9.97 Å². The lowest BCUT2D eigenvalue weighted by molar-refractivity contribution is -0.126. The molecular weight excluding hydrogens is 582 g/mol. The average Bonchev–Trinajstić information content (AvgIpc) is 2.99. The van der Waals surface area contributed by atoms with Crippen LogP contribution in [-0.2, 0) is 9.53 Å². The number of aromatic hydroxyl groups is 1. The minimum atomic E-state index is -0.899. The van der Waals surface area contributed by atoms with Crippen molar-refractivity contribution < 1.29 is 28.2 Å². The lowest BCUT2D eigenvalue weighted by Gasteiger charge is -2.35. The number of phenolic OH excluding ortho intramolecular Hbond substituents is 1. The van der Waals surface area contributed by atoms with Crippen LogP contribution in [0.3, 0.4) is 0 Å². The highest BCUT2D eigenvalue weighted by Crippen LogP contribution is 2.42. The Morgan fingerprint density at radius 3 is 2.56 bits per heavy atom. The van der Waals surface area contributed by atoms with E-state index < -0.39 is 17.4 Å². The summed E-state index contributed by atoms with van der Waals surface area (Å²) in [5.74, 6) is -1.85. The topological polar surface area (TPSA) is 94.5 Å². The summed E-state index contributed by atoms with van der Waals surface area (Å²) < 4.78 is 42.4. The van der Waals surface area contributed by atoms with E-state index in [9.17, 15) is 14.3 Å². The van der Waals surface area contributed by atoms with Gasteiger partial charge in [0.2, 0.25) is 5.91 Å². The minimum Gasteiger partial charge on any atom is -0.507 e. The fourth-order valence-electron chi connectivity index (χ4n) is 5.15. The lowest BCUT2D eigenvalue weighted by Crippen LogP contribution is -2.48. The number of hydrogen-bond acceptors (Lipinski definition) is 9. The van der Waals surface area contributed by atoms with Gasteiger partial charge in [-0.15, -0.1) is 0 Å². The molecule has 0 saturated carbocycles. The highest BCUT2D eigenvalue weighted by molar-refractivity contribution is 6.34. The van der Waals surface area contributed by atoms with E-state index in [0.717, 1.165) is 19.2 Å². The molecule has 0 bridgehead atoms. The van der Waals surface area contributed by atoms with Crippen LogP contribution in [0.1, 0.15) is 0 Å². The Morgan fingerprint density at radius 2 is 1.86 bits per heavy atom. The summed E-state index contributed by atoms with van der Waals surface area (Å²) in [5, 5.41) is 10.6. The molecule has 5 rings (SSSR count). The zero-order valence-corrected chi connectivity index (χ0v) is 25.0. The van der Waals surface area contributed by atoms with Crippen molar-refractivity contribution in [1.82, 2.24) is 24.7 Å². The third-order valence-electron chi connectivity index (χ3n) is 7.45. The maximum absolute atomic E-state index is 16.2. The first-order chi connectivity index (χ1) is 20.7. The van der Waals surface area contributed by atoms with Crippen molar-refractivity contribution >= 4 is 34.2 Å². The van der Waals surface area contributed by atoms with Gasteiger partial charge in [-0.3, -0.25) is 9.69 Å². The number of carbonyl (C=O) groups excluding carboxylic acids is 1. The van der Waals surface area contributed by atoms with Crippen molar-refractivity contribution in [2.24, 2.45) is 0 Å². The van der Waals surface area contributed by atoms with Gasteiger partial charge in [-0.25, -0.2) is 8.78 Å². The van der Waals surface area contributed by atoms with Crippen LogP contribution >= 0.6 is 11.6 Å². The number of piperazine rings is 1. The van der Waals surface area contributed by atoms with E-state index in [1.807, 2.05) is 30.0 Å². The van der Waals surface area contributed by atoms with Crippen molar-refractivity contribution in [2.75, 3.05) is 91.2 Å². The van der Waals surface area contributed by atoms with Gasteiger partial charge in [-0.1, -0.05) is 23.7 Å². The standard InChI is InChI=1S/C30H35ClF2N6O4/c1-36(2)8-4-7-24(41)38-9-11-39(12-10-38)29-20-19-21(31)25(26-22(32)5-3-6-23(26)40)27(33)28(20)34-30(35-29)43-18-15-37-13-16-42-17-14-37/h3-7,19,40H,8-18H2,1-2H3/b7-4+. The van der Waals surface area contributed by atoms with E-state index in [-0.39, 0.29) is 40.2 Å². The van der Waals surface area contributed by atoms with Crippen LogP contribution in [0.25, 0.3) is 22.0 Å². The van der Waals surface area contributed by atoms with Crippen LogP contribution in [-0.4, -0.2) is 122 Å². The minimum absolute atomic E-state index is 0.0363. The number of morpholine rings is 1. The summed E-state index contributed by atoms with van der Waals surface area (Å²) in [7, 11) is 3.86. The normalized spacial score (nSPS) is 16.5. The molecule has 230 valence electrons. The highest BCUT2D eigenvalue weighted by Gasteiger charge is 2.27. The van der Waals surface area contributed by atoms with Crippen molar-refractivity contribution in [3.8, 4) is 22.9 Å². The number of carbonyl (C=O) groups is 1. The molecule has 3 heterocycles. The zero-order chi connectivity index (χ0) is 30.5. The number of fused-ring (bicyclic) bond motifs is 1. The summed E-state index contributed by atoms with van der Waals surface area (Å²) in [5.41, 5.74) is -0.761. The number of likely N-dealkylation sites (N-methyl/N-ethyl adjacent to an activating group) is 1. The van der Waals surface area contributed by atoms with E-state index >= 15 is 4.39 Å². The number of phenols is 1. The number of amides is 1. The molecule has 2 saturated heterocycles. The van der Waals surface area contributed by atoms with E-state index in [4.69, 9.17) is 21.1 Å². The molecular formula is C30H35ClF2N6O4. The van der Waals surface area contributed by atoms with Gasteiger partial charge < -0.3 is 29.3 Å². The fourth-order valence-corrected chi connectivity index (χ4v) is 5.44. The number of nitrogens with zero attached hydrogens (tertiary/aromatic N) is 6. The lowest BCUT2D eigenvalue weighted by atomic mass is 10.0. The quantitative estimate of drug-likeness (QED) is 0.363. The summed E-state index contributed by atoms with van der Waals surface area (Å²) >= 11 is 6.54. The molecule has 0 spiro atoms. The molecule has 2 aromatic carbocycles. The maximum atomic E-state index is 16.2. The summed E-state index contributed by atoms with van der Waals surface area (Å²) in [6.45, 7) is 6.12. The third kappa shape index (κ3) is 7.15. The van der Waals surface area contributed by atoms with Crippen molar-refractivity contribution in [3.63, 3.8) is 0 Å². The van der Waals surface area contributed by atoms with Gasteiger partial charge in [0.25, 0.3) is 0 Å². The number of halogens is 3. The van der Waals surface area contributed by atoms with Gasteiger partial charge in [0.1, 0.15) is 29.5 Å². The number of ether oxygens (including phenoxy) is 2. The SMILES string of the molecule is CN(C)C/C=C/C(=O)N1CCN(c2nc(OCCN3CCOCC3)nc3c(F)c(-c4c(O)cccc4F)c(Cl)cc23)CC1. The molecule has 0 radical (unpaired) electrons. The number of hydrogen-bond donors (Lipinski definition) is 1. The molecule has 0 aliphatic carbocycles. The van der Waals surface area contributed by atoms with Crippen LogP contribution < -0.4 is 9.64 Å². The number of anilines is 1. The number of aromatic nitrogens is 2. The Balaban J connectivity index is 1.47. The van der Waals surface area contributed by atoms with Gasteiger partial charge in [-0.05, 0) is 32.3 Å². The van der Waals surface area contributed by atoms with Crippen LogP contribution in [0.2, 0.25) is 5.02 Å². The van der Waals surface area contributed by atoms with Gasteiger partial charge in [0.15, 0.2) is 5.82 Å².